The highest BCUT2D eigenvalue weighted by Crippen LogP contribution is 2.34. The number of nitrogens with zero attached hydrogens (tertiary/aromatic N) is 4. The number of methoxy groups -OCH3 is 1. The summed E-state index contributed by atoms with van der Waals surface area (Å²) in [4.78, 5) is 24.4. The van der Waals surface area contributed by atoms with E-state index in [1.54, 1.807) is 17.3 Å². The highest BCUT2D eigenvalue weighted by atomic mass is 19.4. The molecule has 1 aliphatic rings. The van der Waals surface area contributed by atoms with E-state index in [-0.39, 0.29) is 5.69 Å². The number of likely N-dealkylation sites (tertiary alicyclic amines) is 1. The van der Waals surface area contributed by atoms with Crippen LogP contribution in [0.2, 0.25) is 0 Å². The van der Waals surface area contributed by atoms with Crippen molar-refractivity contribution in [2.75, 3.05) is 44.0 Å². The van der Waals surface area contributed by atoms with Gasteiger partial charge in [0.05, 0.1) is 18.4 Å². The van der Waals surface area contributed by atoms with Crippen LogP contribution in [0.3, 0.4) is 0 Å². The number of halogens is 3. The lowest BCUT2D eigenvalue weighted by molar-refractivity contribution is -0.136. The first kappa shape index (κ1) is 21.7. The van der Waals surface area contributed by atoms with Gasteiger partial charge in [0, 0.05) is 39.1 Å². The third kappa shape index (κ3) is 5.11. The molecule has 0 saturated carbocycles. The quantitative estimate of drug-likeness (QED) is 0.790. The Morgan fingerprint density at radius 2 is 1.90 bits per heavy atom. The number of benzene rings is 1. The zero-order valence-electron chi connectivity index (χ0n) is 16.8. The van der Waals surface area contributed by atoms with E-state index < -0.39 is 17.8 Å². The number of hydrogen-bond acceptors (Lipinski definition) is 5. The lowest BCUT2D eigenvalue weighted by Crippen LogP contribution is -2.43. The number of carbonyl (C=O) groups is 1. The van der Waals surface area contributed by atoms with Gasteiger partial charge in [-0.3, -0.25) is 0 Å². The van der Waals surface area contributed by atoms with Gasteiger partial charge in [-0.05, 0) is 30.9 Å². The van der Waals surface area contributed by atoms with Gasteiger partial charge in [-0.2, -0.15) is 13.2 Å². The topological polar surface area (TPSA) is 70.6 Å². The molecule has 2 heterocycles. The van der Waals surface area contributed by atoms with Gasteiger partial charge in [0.25, 0.3) is 5.88 Å². The summed E-state index contributed by atoms with van der Waals surface area (Å²) in [6.07, 6.45) is 0.107. The Labute approximate surface area is 172 Å². The molecule has 1 aliphatic heterocycles. The molecule has 10 heteroatoms. The normalized spacial score (nSPS) is 15.0. The van der Waals surface area contributed by atoms with Crippen LogP contribution in [0.15, 0.2) is 36.7 Å². The Bertz CT molecular complexity index is 870. The largest absolute Gasteiger partial charge is 0.478 e. The minimum atomic E-state index is -4.52. The molecule has 162 valence electrons. The first-order valence-corrected chi connectivity index (χ1v) is 9.58. The number of carbonyl (C=O) groups excluding carboxylic acids is 1. The van der Waals surface area contributed by atoms with Crippen LogP contribution in [-0.4, -0.2) is 54.7 Å². The maximum atomic E-state index is 13.1. The van der Waals surface area contributed by atoms with Crippen LogP contribution in [0.5, 0.6) is 5.88 Å². The summed E-state index contributed by atoms with van der Waals surface area (Å²) >= 11 is 0. The smallest absolute Gasteiger partial charge is 0.418 e. The van der Waals surface area contributed by atoms with Crippen molar-refractivity contribution in [1.29, 1.82) is 0 Å². The van der Waals surface area contributed by atoms with Crippen molar-refractivity contribution in [2.45, 2.75) is 19.0 Å². The van der Waals surface area contributed by atoms with Gasteiger partial charge >= 0.3 is 12.2 Å². The van der Waals surface area contributed by atoms with E-state index in [1.165, 1.54) is 25.3 Å². The van der Waals surface area contributed by atoms with E-state index >= 15 is 0 Å². The van der Waals surface area contributed by atoms with Crippen molar-refractivity contribution in [3.05, 3.63) is 42.2 Å². The maximum absolute atomic E-state index is 13.1. The van der Waals surface area contributed by atoms with Crippen molar-refractivity contribution in [2.24, 2.45) is 5.92 Å². The molecule has 0 aliphatic carbocycles. The number of ether oxygens (including phenoxy) is 1. The molecule has 0 spiro atoms. The molecular weight excluding hydrogens is 399 g/mol. The molecule has 2 aromatic rings. The molecule has 1 aromatic carbocycles. The monoisotopic (exact) mass is 423 g/mol. The Hall–Kier alpha value is -3.04. The molecule has 1 saturated heterocycles. The molecule has 0 unspecified atom stereocenters. The second-order valence-electron chi connectivity index (χ2n) is 7.17. The lowest BCUT2D eigenvalue weighted by Gasteiger charge is -2.34. The number of nitrogens with one attached hydrogen (secondary N) is 1. The number of hydrogen-bond donors (Lipinski definition) is 1. The fourth-order valence-electron chi connectivity index (χ4n) is 3.55. The van der Waals surface area contributed by atoms with E-state index in [9.17, 15) is 18.0 Å². The third-order valence-electron chi connectivity index (χ3n) is 5.11. The first-order valence-electron chi connectivity index (χ1n) is 9.58. The average Bonchev–Trinajstić information content (AvgIpc) is 2.73. The Morgan fingerprint density at radius 1 is 1.23 bits per heavy atom. The molecule has 0 radical (unpaired) electrons. The summed E-state index contributed by atoms with van der Waals surface area (Å²) in [5.41, 5.74) is -1.08. The molecule has 0 atom stereocenters. The third-order valence-corrected chi connectivity index (χ3v) is 5.11. The maximum Gasteiger partial charge on any atom is 0.418 e. The highest BCUT2D eigenvalue weighted by molar-refractivity contribution is 5.90. The van der Waals surface area contributed by atoms with Gasteiger partial charge in [0.1, 0.15) is 0 Å². The summed E-state index contributed by atoms with van der Waals surface area (Å²) in [5, 5.41) is 2.41. The molecule has 1 N–H and O–H groups in total. The van der Waals surface area contributed by atoms with Gasteiger partial charge in [-0.1, -0.05) is 12.1 Å². The molecule has 3 rings (SSSR count). The molecule has 1 aromatic heterocycles. The predicted molar refractivity (Wildman–Crippen MR) is 107 cm³/mol. The first-order chi connectivity index (χ1) is 14.3. The Morgan fingerprint density at radius 3 is 2.57 bits per heavy atom. The second-order valence-corrected chi connectivity index (χ2v) is 7.17. The van der Waals surface area contributed by atoms with E-state index in [2.05, 4.69) is 15.3 Å². The number of anilines is 2. The number of urea groups is 1. The summed E-state index contributed by atoms with van der Waals surface area (Å²) in [7, 11) is 3.44. The van der Waals surface area contributed by atoms with E-state index in [0.717, 1.165) is 18.9 Å². The summed E-state index contributed by atoms with van der Waals surface area (Å²) in [6, 6.07) is 4.46. The van der Waals surface area contributed by atoms with Crippen molar-refractivity contribution >= 4 is 17.5 Å². The van der Waals surface area contributed by atoms with Gasteiger partial charge in [0.15, 0.2) is 5.82 Å². The van der Waals surface area contributed by atoms with E-state index in [1.807, 2.05) is 11.9 Å². The molecule has 0 bridgehead atoms. The molecule has 2 amide bonds. The van der Waals surface area contributed by atoms with Gasteiger partial charge in [-0.25, -0.2) is 14.8 Å². The molecule has 1 fully saturated rings. The van der Waals surface area contributed by atoms with Crippen molar-refractivity contribution in [1.82, 2.24) is 14.9 Å². The molecule has 30 heavy (non-hydrogen) atoms. The number of para-hydroxylation sites is 1. The summed E-state index contributed by atoms with van der Waals surface area (Å²) in [5.74, 6) is 1.40. The van der Waals surface area contributed by atoms with Crippen LogP contribution in [0, 0.1) is 5.92 Å². The number of piperidine rings is 1. The minimum absolute atomic E-state index is 0.230. The van der Waals surface area contributed by atoms with Crippen LogP contribution < -0.4 is 15.0 Å². The number of aromatic nitrogens is 2. The Kier molecular flexibility index (Phi) is 6.63. The number of amides is 2. The molecule has 7 nitrogen and oxygen atoms in total. The van der Waals surface area contributed by atoms with Crippen LogP contribution in [0.1, 0.15) is 18.4 Å². The van der Waals surface area contributed by atoms with Gasteiger partial charge in [-0.15, -0.1) is 0 Å². The van der Waals surface area contributed by atoms with Crippen molar-refractivity contribution < 1.29 is 22.7 Å². The summed E-state index contributed by atoms with van der Waals surface area (Å²) < 4.78 is 44.6. The molecular formula is C20H24F3N5O2. The summed E-state index contributed by atoms with van der Waals surface area (Å²) in [6.45, 7) is 1.65. The predicted octanol–water partition coefficient (Wildman–Crippen LogP) is 3.88. The number of rotatable bonds is 5. The Balaban J connectivity index is 1.55. The highest BCUT2D eigenvalue weighted by Gasteiger charge is 2.34. The zero-order chi connectivity index (χ0) is 21.7. The fourth-order valence-corrected chi connectivity index (χ4v) is 3.55. The van der Waals surface area contributed by atoms with Crippen molar-refractivity contribution in [3.63, 3.8) is 0 Å². The standard InChI is InChI=1S/C20H24F3N5O2/c1-27(17-18(30-2)25-10-9-24-17)13-14-7-11-28(12-8-14)19(29)26-16-6-4-3-5-15(16)20(21,22)23/h3-6,9-10,14H,7-8,11-13H2,1-2H3,(H,26,29). The van der Waals surface area contributed by atoms with Crippen LogP contribution >= 0.6 is 0 Å². The van der Waals surface area contributed by atoms with Gasteiger partial charge < -0.3 is 19.9 Å². The minimum Gasteiger partial charge on any atom is -0.478 e. The zero-order valence-corrected chi connectivity index (χ0v) is 16.8. The second kappa shape index (κ2) is 9.19. The van der Waals surface area contributed by atoms with Crippen molar-refractivity contribution in [3.8, 4) is 5.88 Å². The van der Waals surface area contributed by atoms with E-state index in [0.29, 0.717) is 37.3 Å². The number of alkyl halides is 3. The fraction of sp³-hybridized carbons (Fsp3) is 0.450. The van der Waals surface area contributed by atoms with Crippen LogP contribution in [0.25, 0.3) is 0 Å². The lowest BCUT2D eigenvalue weighted by atomic mass is 9.96. The van der Waals surface area contributed by atoms with Crippen LogP contribution in [-0.2, 0) is 6.18 Å². The van der Waals surface area contributed by atoms with E-state index in [4.69, 9.17) is 4.74 Å². The van der Waals surface area contributed by atoms with Crippen LogP contribution in [0.4, 0.5) is 29.5 Å². The van der Waals surface area contributed by atoms with Gasteiger partial charge in [0.2, 0.25) is 0 Å². The SMILES string of the molecule is COc1nccnc1N(C)CC1CCN(C(=O)Nc2ccccc2C(F)(F)F)CC1. The average molecular weight is 423 g/mol.